The lowest BCUT2D eigenvalue weighted by Gasteiger charge is -2.40. The second kappa shape index (κ2) is 8.58. The first-order chi connectivity index (χ1) is 12.0. The zero-order valence-corrected chi connectivity index (χ0v) is 15.5. The summed E-state index contributed by atoms with van der Waals surface area (Å²) in [6.45, 7) is 13.3. The third-order valence-electron chi connectivity index (χ3n) is 4.98. The van der Waals surface area contributed by atoms with Crippen molar-refractivity contribution in [2.45, 2.75) is 26.4 Å². The summed E-state index contributed by atoms with van der Waals surface area (Å²) in [5.74, 6) is -0.170. The fourth-order valence-electron chi connectivity index (χ4n) is 3.99. The summed E-state index contributed by atoms with van der Waals surface area (Å²) < 4.78 is 24.8. The molecule has 0 spiro atoms. The van der Waals surface area contributed by atoms with Crippen LogP contribution in [0.5, 0.6) is 0 Å². The van der Waals surface area contributed by atoms with Gasteiger partial charge < -0.3 is 9.47 Å². The molecule has 0 amide bonds. The van der Waals surface area contributed by atoms with Gasteiger partial charge in [0, 0.05) is 39.3 Å². The van der Waals surface area contributed by atoms with Crippen molar-refractivity contribution >= 4 is 0 Å². The summed E-state index contributed by atoms with van der Waals surface area (Å²) in [4.78, 5) is 5.02. The third kappa shape index (κ3) is 6.03. The summed E-state index contributed by atoms with van der Waals surface area (Å²) in [6.07, 6.45) is 0.924. The number of ether oxygens (including phenoxy) is 2. The van der Waals surface area contributed by atoms with Gasteiger partial charge in [0.2, 0.25) is 0 Å². The predicted molar refractivity (Wildman–Crippen MR) is 97.3 cm³/mol. The van der Waals surface area contributed by atoms with Crippen LogP contribution >= 0.6 is 0 Å². The van der Waals surface area contributed by atoms with Crippen LogP contribution in [0.4, 0.5) is 4.39 Å². The maximum absolute atomic E-state index is 13.4. The molecule has 2 fully saturated rings. The Hall–Kier alpha value is -1.01. The van der Waals surface area contributed by atoms with Crippen LogP contribution in [0, 0.1) is 11.2 Å². The lowest BCUT2D eigenvalue weighted by atomic mass is 9.91. The van der Waals surface area contributed by atoms with E-state index in [9.17, 15) is 4.39 Å². The summed E-state index contributed by atoms with van der Waals surface area (Å²) in [6, 6.07) is 6.86. The van der Waals surface area contributed by atoms with E-state index >= 15 is 0 Å². The molecule has 2 aliphatic rings. The van der Waals surface area contributed by atoms with Crippen LogP contribution in [-0.4, -0.2) is 75.0 Å². The molecule has 140 valence electrons. The van der Waals surface area contributed by atoms with Crippen LogP contribution in [0.1, 0.15) is 19.4 Å². The van der Waals surface area contributed by atoms with Crippen molar-refractivity contribution in [1.82, 2.24) is 9.80 Å². The van der Waals surface area contributed by atoms with Gasteiger partial charge in [0.15, 0.2) is 0 Å². The van der Waals surface area contributed by atoms with Crippen molar-refractivity contribution < 1.29 is 13.9 Å². The van der Waals surface area contributed by atoms with Gasteiger partial charge in [-0.25, -0.2) is 4.39 Å². The molecule has 0 radical (unpaired) electrons. The van der Waals surface area contributed by atoms with Crippen LogP contribution in [-0.2, 0) is 15.9 Å². The molecule has 1 aromatic rings. The average Bonchev–Trinajstić information content (AvgIpc) is 2.55. The van der Waals surface area contributed by atoms with Crippen LogP contribution < -0.4 is 0 Å². The molecular weight excluding hydrogens is 319 g/mol. The second-order valence-corrected chi connectivity index (χ2v) is 8.11. The number of hydrogen-bond acceptors (Lipinski definition) is 4. The van der Waals surface area contributed by atoms with Gasteiger partial charge in [-0.15, -0.1) is 0 Å². The fourth-order valence-corrected chi connectivity index (χ4v) is 3.99. The van der Waals surface area contributed by atoms with Crippen molar-refractivity contribution in [1.29, 1.82) is 0 Å². The normalized spacial score (nSPS) is 23.7. The molecule has 2 aliphatic heterocycles. The van der Waals surface area contributed by atoms with Gasteiger partial charge in [-0.05, 0) is 29.5 Å². The smallest absolute Gasteiger partial charge is 0.123 e. The zero-order chi connectivity index (χ0) is 17.7. The van der Waals surface area contributed by atoms with Crippen LogP contribution in [0.2, 0.25) is 0 Å². The Balaban J connectivity index is 1.50. The minimum Gasteiger partial charge on any atom is -0.379 e. The number of morpholine rings is 2. The van der Waals surface area contributed by atoms with Gasteiger partial charge in [0.25, 0.3) is 0 Å². The molecule has 2 heterocycles. The van der Waals surface area contributed by atoms with Crippen molar-refractivity contribution in [3.05, 3.63) is 35.6 Å². The van der Waals surface area contributed by atoms with Crippen molar-refractivity contribution in [3.8, 4) is 0 Å². The maximum atomic E-state index is 13.4. The first kappa shape index (κ1) is 18.8. The molecule has 0 N–H and O–H groups in total. The Bertz CT molecular complexity index is 546. The molecule has 0 saturated carbocycles. The topological polar surface area (TPSA) is 24.9 Å². The van der Waals surface area contributed by atoms with Gasteiger partial charge >= 0.3 is 0 Å². The molecule has 4 nitrogen and oxygen atoms in total. The summed E-state index contributed by atoms with van der Waals surface area (Å²) in [5.41, 5.74) is 1.25. The zero-order valence-electron chi connectivity index (χ0n) is 15.5. The molecule has 5 heteroatoms. The average molecular weight is 350 g/mol. The van der Waals surface area contributed by atoms with Crippen LogP contribution in [0.25, 0.3) is 0 Å². The SMILES string of the molecule is CC(C)(CN1CCOCC1)CN1CCO[C@H](Cc2cccc(F)c2)C1. The van der Waals surface area contributed by atoms with E-state index in [0.29, 0.717) is 0 Å². The van der Waals surface area contributed by atoms with Gasteiger partial charge in [-0.1, -0.05) is 26.0 Å². The van der Waals surface area contributed by atoms with E-state index in [-0.39, 0.29) is 17.3 Å². The van der Waals surface area contributed by atoms with Crippen LogP contribution in [0.3, 0.4) is 0 Å². The van der Waals surface area contributed by atoms with Crippen molar-refractivity contribution in [2.75, 3.05) is 59.1 Å². The summed E-state index contributed by atoms with van der Waals surface area (Å²) in [7, 11) is 0. The largest absolute Gasteiger partial charge is 0.379 e. The highest BCUT2D eigenvalue weighted by Crippen LogP contribution is 2.22. The highest BCUT2D eigenvalue weighted by atomic mass is 19.1. The molecular formula is C20H31FN2O2. The Morgan fingerprint density at radius 2 is 1.80 bits per heavy atom. The number of halogens is 1. The van der Waals surface area contributed by atoms with E-state index < -0.39 is 0 Å². The fraction of sp³-hybridized carbons (Fsp3) is 0.700. The highest BCUT2D eigenvalue weighted by Gasteiger charge is 2.29. The Morgan fingerprint density at radius 1 is 1.08 bits per heavy atom. The quantitative estimate of drug-likeness (QED) is 0.787. The van der Waals surface area contributed by atoms with E-state index in [1.165, 1.54) is 6.07 Å². The van der Waals surface area contributed by atoms with Gasteiger partial charge in [0.1, 0.15) is 5.82 Å². The van der Waals surface area contributed by atoms with E-state index in [2.05, 4.69) is 23.6 Å². The highest BCUT2D eigenvalue weighted by molar-refractivity contribution is 5.17. The molecule has 0 aliphatic carbocycles. The van der Waals surface area contributed by atoms with E-state index in [0.717, 1.165) is 71.1 Å². The number of hydrogen-bond donors (Lipinski definition) is 0. The Morgan fingerprint density at radius 3 is 2.56 bits per heavy atom. The third-order valence-corrected chi connectivity index (χ3v) is 4.98. The first-order valence-electron chi connectivity index (χ1n) is 9.39. The standard InChI is InChI=1S/C20H31FN2O2/c1-20(2,15-22-6-9-24-10-7-22)16-23-8-11-25-19(14-23)13-17-4-3-5-18(21)12-17/h3-5,12,19H,6-11,13-16H2,1-2H3/t19-/m1/s1. The van der Waals surface area contributed by atoms with Gasteiger partial charge in [0.05, 0.1) is 25.9 Å². The predicted octanol–water partition coefficient (Wildman–Crippen LogP) is 2.43. The molecule has 1 aromatic carbocycles. The summed E-state index contributed by atoms with van der Waals surface area (Å²) in [5, 5.41) is 0. The van der Waals surface area contributed by atoms with Crippen LogP contribution in [0.15, 0.2) is 24.3 Å². The lowest BCUT2D eigenvalue weighted by Crippen LogP contribution is -2.50. The molecule has 0 aromatic heterocycles. The number of nitrogens with zero attached hydrogens (tertiary/aromatic N) is 2. The summed E-state index contributed by atoms with van der Waals surface area (Å²) >= 11 is 0. The minimum atomic E-state index is -0.170. The maximum Gasteiger partial charge on any atom is 0.123 e. The van der Waals surface area contributed by atoms with Gasteiger partial charge in [-0.2, -0.15) is 0 Å². The minimum absolute atomic E-state index is 0.148. The van der Waals surface area contributed by atoms with E-state index in [4.69, 9.17) is 9.47 Å². The molecule has 25 heavy (non-hydrogen) atoms. The molecule has 2 saturated heterocycles. The van der Waals surface area contributed by atoms with E-state index in [1.54, 1.807) is 12.1 Å². The molecule has 3 rings (SSSR count). The number of benzene rings is 1. The van der Waals surface area contributed by atoms with E-state index in [1.807, 2.05) is 6.07 Å². The van der Waals surface area contributed by atoms with Gasteiger partial charge in [-0.3, -0.25) is 9.80 Å². The molecule has 1 atom stereocenters. The lowest BCUT2D eigenvalue weighted by molar-refractivity contribution is -0.0439. The molecule has 0 bridgehead atoms. The Kier molecular flexibility index (Phi) is 6.44. The second-order valence-electron chi connectivity index (χ2n) is 8.11. The van der Waals surface area contributed by atoms with Crippen molar-refractivity contribution in [2.24, 2.45) is 5.41 Å². The molecule has 0 unspecified atom stereocenters. The monoisotopic (exact) mass is 350 g/mol. The first-order valence-corrected chi connectivity index (χ1v) is 9.39. The Labute approximate surface area is 150 Å². The van der Waals surface area contributed by atoms with Crippen molar-refractivity contribution in [3.63, 3.8) is 0 Å². The number of rotatable bonds is 6.